The van der Waals surface area contributed by atoms with Gasteiger partial charge >= 0.3 is 5.97 Å². The van der Waals surface area contributed by atoms with Crippen LogP contribution in [0.4, 0.5) is 0 Å². The third-order valence-electron chi connectivity index (χ3n) is 11.7. The molecule has 69 heavy (non-hydrogen) atoms. The van der Waals surface area contributed by atoms with Crippen LogP contribution in [-0.4, -0.2) is 82.6 Å². The number of primary amides is 2. The minimum Gasteiger partial charge on any atom is -0.480 e. The van der Waals surface area contributed by atoms with E-state index < -0.39 is 78.0 Å². The van der Waals surface area contributed by atoms with Crippen LogP contribution in [0.15, 0.2) is 91.0 Å². The minimum absolute atomic E-state index is 0.0351. The first-order valence-electron chi connectivity index (χ1n) is 24.5. The van der Waals surface area contributed by atoms with Gasteiger partial charge in [0, 0.05) is 32.1 Å². The van der Waals surface area contributed by atoms with Crippen LogP contribution in [0.2, 0.25) is 0 Å². The maximum Gasteiger partial charge on any atom is 0.326 e. The van der Waals surface area contributed by atoms with Crippen molar-refractivity contribution in [3.63, 3.8) is 0 Å². The highest BCUT2D eigenvalue weighted by atomic mass is 16.4. The van der Waals surface area contributed by atoms with Crippen LogP contribution < -0.4 is 38.1 Å². The van der Waals surface area contributed by atoms with Crippen LogP contribution in [0.3, 0.4) is 0 Å². The molecule has 0 spiro atoms. The molecular weight excluding hydrogens is 879 g/mol. The second-order valence-electron chi connectivity index (χ2n) is 18.3. The maximum atomic E-state index is 13.8. The third-order valence-corrected chi connectivity index (χ3v) is 11.7. The average molecular weight is 954 g/mol. The SMILES string of the molecule is CC(C)C[C@H](NC(=O)[C@H](Cc1ccccc1)NC(=O)CCCCCCCCCCCCCCC(=O)N[C@@H](CC(N)=O)C(=O)N[C@@H](Cc1ccccc1)C(=O)O)C(=O)N[C@@H](Cc1ccccc1)C(N)=O. The van der Waals surface area contributed by atoms with Crippen molar-refractivity contribution in [1.29, 1.82) is 0 Å². The van der Waals surface area contributed by atoms with E-state index in [2.05, 4.69) is 26.6 Å². The summed E-state index contributed by atoms with van der Waals surface area (Å²) < 4.78 is 0. The Labute approximate surface area is 407 Å². The molecule has 3 rings (SSSR count). The van der Waals surface area contributed by atoms with Gasteiger partial charge in [-0.05, 0) is 41.9 Å². The third kappa shape index (κ3) is 24.3. The number of amides is 7. The molecule has 0 aliphatic rings. The highest BCUT2D eigenvalue weighted by Gasteiger charge is 2.31. The van der Waals surface area contributed by atoms with Crippen LogP contribution in [0.5, 0.6) is 0 Å². The Morgan fingerprint density at radius 1 is 0.435 bits per heavy atom. The van der Waals surface area contributed by atoms with E-state index in [1.54, 1.807) is 30.3 Å². The highest BCUT2D eigenvalue weighted by Crippen LogP contribution is 2.15. The Morgan fingerprint density at radius 3 is 1.16 bits per heavy atom. The Morgan fingerprint density at radius 2 is 0.768 bits per heavy atom. The molecule has 0 heterocycles. The number of nitrogens with one attached hydrogen (secondary N) is 5. The molecule has 0 radical (unpaired) electrons. The molecule has 0 aromatic heterocycles. The van der Waals surface area contributed by atoms with Gasteiger partial charge in [0.1, 0.15) is 30.2 Å². The van der Waals surface area contributed by atoms with Gasteiger partial charge in [0.25, 0.3) is 0 Å². The molecule has 0 aliphatic heterocycles. The molecule has 0 saturated carbocycles. The molecule has 3 aromatic rings. The first-order valence-corrected chi connectivity index (χ1v) is 24.5. The molecule has 3 aromatic carbocycles. The Hall–Kier alpha value is -6.58. The molecule has 0 aliphatic carbocycles. The zero-order valence-electron chi connectivity index (χ0n) is 40.4. The number of hydrogen-bond donors (Lipinski definition) is 8. The lowest BCUT2D eigenvalue weighted by Crippen LogP contribution is -2.57. The summed E-state index contributed by atoms with van der Waals surface area (Å²) in [5.41, 5.74) is 13.4. The number of carboxylic acids is 1. The zero-order valence-corrected chi connectivity index (χ0v) is 40.4. The van der Waals surface area contributed by atoms with Crippen molar-refractivity contribution in [1.82, 2.24) is 26.6 Å². The van der Waals surface area contributed by atoms with E-state index in [0.717, 1.165) is 75.3 Å². The van der Waals surface area contributed by atoms with E-state index in [0.29, 0.717) is 24.8 Å². The monoisotopic (exact) mass is 954 g/mol. The largest absolute Gasteiger partial charge is 0.480 e. The summed E-state index contributed by atoms with van der Waals surface area (Å²) in [7, 11) is 0. The first kappa shape index (κ1) is 56.7. The normalized spacial score (nSPS) is 13.2. The fourth-order valence-corrected chi connectivity index (χ4v) is 7.98. The van der Waals surface area contributed by atoms with Gasteiger partial charge in [-0.1, -0.05) is 169 Å². The van der Waals surface area contributed by atoms with Gasteiger partial charge < -0.3 is 43.2 Å². The van der Waals surface area contributed by atoms with E-state index in [9.17, 15) is 43.5 Å². The summed E-state index contributed by atoms with van der Waals surface area (Å²) in [6.45, 7) is 3.86. The van der Waals surface area contributed by atoms with Gasteiger partial charge in [0.05, 0.1) is 6.42 Å². The van der Waals surface area contributed by atoms with E-state index in [1.807, 2.05) is 74.5 Å². The molecular formula is C53H75N7O9. The number of unbranched alkanes of at least 4 members (excludes halogenated alkanes) is 11. The number of carbonyl (C=O) groups is 8. The van der Waals surface area contributed by atoms with E-state index in [4.69, 9.17) is 11.5 Å². The summed E-state index contributed by atoms with van der Waals surface area (Å²) in [6, 6.07) is 22.0. The van der Waals surface area contributed by atoms with Crippen molar-refractivity contribution in [2.24, 2.45) is 17.4 Å². The molecule has 16 heteroatoms. The lowest BCUT2D eigenvalue weighted by Gasteiger charge is -2.26. The van der Waals surface area contributed by atoms with Crippen LogP contribution in [-0.2, 0) is 57.6 Å². The van der Waals surface area contributed by atoms with Crippen molar-refractivity contribution in [2.45, 2.75) is 166 Å². The quantitative estimate of drug-likeness (QED) is 0.0365. The molecule has 5 atom stereocenters. The number of carbonyl (C=O) groups excluding carboxylic acids is 7. The number of nitrogens with two attached hydrogens (primary N) is 2. The molecule has 7 amide bonds. The number of aliphatic carboxylic acids is 1. The summed E-state index contributed by atoms with van der Waals surface area (Å²) in [5.74, 6) is -5.12. The van der Waals surface area contributed by atoms with Gasteiger partial charge in [-0.3, -0.25) is 33.6 Å². The molecule has 0 bridgehead atoms. The number of carboxylic acid groups (broad SMARTS) is 1. The molecule has 16 nitrogen and oxygen atoms in total. The van der Waals surface area contributed by atoms with Crippen molar-refractivity contribution in [3.8, 4) is 0 Å². The Bertz CT molecular complexity index is 2050. The van der Waals surface area contributed by atoms with E-state index in [-0.39, 0.29) is 43.9 Å². The van der Waals surface area contributed by atoms with Crippen molar-refractivity contribution >= 4 is 47.3 Å². The van der Waals surface area contributed by atoms with E-state index in [1.165, 1.54) is 0 Å². The van der Waals surface area contributed by atoms with Gasteiger partial charge in [0.2, 0.25) is 41.4 Å². The predicted molar refractivity (Wildman–Crippen MR) is 265 cm³/mol. The predicted octanol–water partition coefficient (Wildman–Crippen LogP) is 5.09. The standard InChI is InChI=1S/C53H75N7O9/c1-37(2)32-42(50(65)58-41(49(55)64)33-38-24-16-13-17-25-38)59-51(66)43(34-39-26-18-14-19-27-39)56-47(62)30-22-11-9-7-5-3-4-6-8-10-12-23-31-48(63)57-44(36-46(54)61)52(67)60-45(53(68)69)35-40-28-20-15-21-29-40/h13-21,24-29,37,41-45H,3-12,22-23,30-36H2,1-2H3,(H2,54,61)(H2,55,64)(H,56,62)(H,57,63)(H,58,65)(H,59,66)(H,60,67)(H,68,69)/t41-,42-,43-,44-,45-/m0/s1. The van der Waals surface area contributed by atoms with Crippen LogP contribution in [0.25, 0.3) is 0 Å². The molecule has 10 N–H and O–H groups in total. The van der Waals surface area contributed by atoms with Gasteiger partial charge in [0.15, 0.2) is 0 Å². The zero-order chi connectivity index (χ0) is 50.4. The van der Waals surface area contributed by atoms with Crippen LogP contribution in [0, 0.1) is 5.92 Å². The molecule has 376 valence electrons. The van der Waals surface area contributed by atoms with Crippen LogP contribution >= 0.6 is 0 Å². The van der Waals surface area contributed by atoms with Crippen LogP contribution in [0.1, 0.15) is 133 Å². The van der Waals surface area contributed by atoms with Crippen molar-refractivity contribution in [3.05, 3.63) is 108 Å². The average Bonchev–Trinajstić information content (AvgIpc) is 3.31. The lowest BCUT2D eigenvalue weighted by molar-refractivity contribution is -0.142. The molecule has 0 fully saturated rings. The van der Waals surface area contributed by atoms with Crippen molar-refractivity contribution in [2.75, 3.05) is 0 Å². The topological polar surface area (TPSA) is 269 Å². The lowest BCUT2D eigenvalue weighted by atomic mass is 9.99. The Kier molecular flexibility index (Phi) is 26.5. The number of rotatable bonds is 35. The highest BCUT2D eigenvalue weighted by molar-refractivity contribution is 5.95. The summed E-state index contributed by atoms with van der Waals surface area (Å²) in [6.07, 6.45) is 12.1. The smallest absolute Gasteiger partial charge is 0.326 e. The van der Waals surface area contributed by atoms with Crippen molar-refractivity contribution < 1.29 is 43.5 Å². The fourth-order valence-electron chi connectivity index (χ4n) is 7.98. The molecule has 0 saturated heterocycles. The number of benzene rings is 3. The summed E-state index contributed by atoms with van der Waals surface area (Å²) in [5, 5.41) is 23.1. The second kappa shape index (κ2) is 32.2. The first-order chi connectivity index (χ1) is 33.1. The minimum atomic E-state index is -1.27. The summed E-state index contributed by atoms with van der Waals surface area (Å²) in [4.78, 5) is 102. The van der Waals surface area contributed by atoms with E-state index >= 15 is 0 Å². The molecule has 0 unspecified atom stereocenters. The summed E-state index contributed by atoms with van der Waals surface area (Å²) >= 11 is 0. The van der Waals surface area contributed by atoms with Gasteiger partial charge in [-0.25, -0.2) is 4.79 Å². The number of hydrogen-bond acceptors (Lipinski definition) is 8. The maximum absolute atomic E-state index is 13.8. The Balaban J connectivity index is 1.32. The second-order valence-corrected chi connectivity index (χ2v) is 18.3. The fraction of sp³-hybridized carbons (Fsp3) is 0.509. The van der Waals surface area contributed by atoms with Gasteiger partial charge in [-0.15, -0.1) is 0 Å². The van der Waals surface area contributed by atoms with Gasteiger partial charge in [-0.2, -0.15) is 0 Å².